The third-order valence-electron chi connectivity index (χ3n) is 4.36. The molecule has 2 saturated heterocycles. The molecule has 0 radical (unpaired) electrons. The van der Waals surface area contributed by atoms with Crippen molar-refractivity contribution in [3.63, 3.8) is 0 Å². The van der Waals surface area contributed by atoms with E-state index in [-0.39, 0.29) is 23.8 Å². The minimum atomic E-state index is -0.0950. The molecule has 0 aliphatic carbocycles. The maximum Gasteiger partial charge on any atom is 0.345 e. The van der Waals surface area contributed by atoms with Crippen LogP contribution in [0.1, 0.15) is 32.4 Å². The average molecular weight is 273 g/mol. The highest BCUT2D eigenvalue weighted by atomic mass is 16.2. The highest BCUT2D eigenvalue weighted by Gasteiger charge is 2.43. The van der Waals surface area contributed by atoms with Gasteiger partial charge in [0.15, 0.2) is 5.69 Å². The molecule has 0 N–H and O–H groups in total. The fourth-order valence-corrected chi connectivity index (χ4v) is 3.28. The highest BCUT2D eigenvalue weighted by molar-refractivity contribution is 5.77. The normalized spacial score (nSPS) is 26.0. The van der Waals surface area contributed by atoms with Gasteiger partial charge in [-0.1, -0.05) is 0 Å². The molecule has 0 aromatic carbocycles. The Bertz CT molecular complexity index is 544. The number of piperazine rings is 1. The van der Waals surface area contributed by atoms with Crippen LogP contribution >= 0.6 is 0 Å². The smallest absolute Gasteiger partial charge is 0.314 e. The first-order valence-corrected chi connectivity index (χ1v) is 7.12. The summed E-state index contributed by atoms with van der Waals surface area (Å²) in [5, 5.41) is 12.8. The summed E-state index contributed by atoms with van der Waals surface area (Å²) >= 11 is 0. The molecule has 1 aromatic heterocycles. The van der Waals surface area contributed by atoms with Crippen molar-refractivity contribution in [2.75, 3.05) is 13.1 Å². The maximum atomic E-state index is 12.6. The van der Waals surface area contributed by atoms with Gasteiger partial charge in [0.1, 0.15) is 6.07 Å². The summed E-state index contributed by atoms with van der Waals surface area (Å²) < 4.78 is 1.30. The Morgan fingerprint density at radius 1 is 1.40 bits per heavy atom. The molecule has 20 heavy (non-hydrogen) atoms. The molecule has 1 amide bonds. The van der Waals surface area contributed by atoms with Crippen molar-refractivity contribution in [2.24, 2.45) is 0 Å². The second kappa shape index (κ2) is 4.91. The van der Waals surface area contributed by atoms with Crippen LogP contribution in [0.15, 0.2) is 12.3 Å². The summed E-state index contributed by atoms with van der Waals surface area (Å²) in [5.74, 6) is 0. The molecule has 2 aliphatic heterocycles. The Hall–Kier alpha value is -1.87. The summed E-state index contributed by atoms with van der Waals surface area (Å²) in [6, 6.07) is 4.50. The molecule has 2 atom stereocenters. The van der Waals surface area contributed by atoms with Gasteiger partial charge >= 0.3 is 6.03 Å². The fourth-order valence-electron chi connectivity index (χ4n) is 3.28. The topological polar surface area (TPSA) is 65.2 Å². The number of carbonyl (C=O) groups excluding carboxylic acids is 1. The molecular formula is C14H19N5O. The van der Waals surface area contributed by atoms with Crippen molar-refractivity contribution in [1.82, 2.24) is 19.6 Å². The van der Waals surface area contributed by atoms with Crippen LogP contribution < -0.4 is 0 Å². The predicted octanol–water partition coefficient (Wildman–Crippen LogP) is 1.28. The molecular weight excluding hydrogens is 254 g/mol. The molecule has 6 heteroatoms. The zero-order chi connectivity index (χ0) is 14.3. The molecule has 106 valence electrons. The first-order chi connectivity index (χ1) is 9.60. The fraction of sp³-hybridized carbons (Fsp3) is 0.643. The quantitative estimate of drug-likeness (QED) is 0.773. The van der Waals surface area contributed by atoms with Crippen molar-refractivity contribution in [3.8, 4) is 6.07 Å². The number of hydrogen-bond acceptors (Lipinski definition) is 4. The number of nitrogens with zero attached hydrogens (tertiary/aromatic N) is 5. The van der Waals surface area contributed by atoms with Gasteiger partial charge in [0.05, 0.1) is 0 Å². The molecule has 2 bridgehead atoms. The monoisotopic (exact) mass is 273 g/mol. The number of rotatable bonds is 1. The Morgan fingerprint density at radius 3 is 2.55 bits per heavy atom. The summed E-state index contributed by atoms with van der Waals surface area (Å²) in [6.45, 7) is 6.27. The zero-order valence-corrected chi connectivity index (χ0v) is 11.9. The van der Waals surface area contributed by atoms with Crippen LogP contribution in [0, 0.1) is 11.3 Å². The predicted molar refractivity (Wildman–Crippen MR) is 73.1 cm³/mol. The van der Waals surface area contributed by atoms with Gasteiger partial charge in [-0.15, -0.1) is 0 Å². The van der Waals surface area contributed by atoms with E-state index in [1.165, 1.54) is 4.68 Å². The Kier molecular flexibility index (Phi) is 3.22. The van der Waals surface area contributed by atoms with E-state index in [1.807, 2.05) is 11.0 Å². The van der Waals surface area contributed by atoms with Crippen LogP contribution in [0.3, 0.4) is 0 Å². The van der Waals surface area contributed by atoms with Crippen molar-refractivity contribution < 1.29 is 4.79 Å². The third-order valence-corrected chi connectivity index (χ3v) is 4.36. The van der Waals surface area contributed by atoms with E-state index < -0.39 is 0 Å². The van der Waals surface area contributed by atoms with Gasteiger partial charge in [0.25, 0.3) is 0 Å². The van der Waals surface area contributed by atoms with Gasteiger partial charge in [-0.25, -0.2) is 4.79 Å². The minimum Gasteiger partial charge on any atom is -0.314 e. The van der Waals surface area contributed by atoms with E-state index >= 15 is 0 Å². The van der Waals surface area contributed by atoms with E-state index in [1.54, 1.807) is 12.3 Å². The third kappa shape index (κ3) is 2.08. The molecule has 0 spiro atoms. The second-order valence-corrected chi connectivity index (χ2v) is 5.88. The standard InChI is InChI=1S/C14H19N5O/c1-10(2)17-8-12-3-4-13(9-17)19(12)14(20)18-6-5-11(7-15)16-18/h5-6,10,12-13H,3-4,8-9H2,1-2H3. The van der Waals surface area contributed by atoms with Gasteiger partial charge < -0.3 is 4.90 Å². The average Bonchev–Trinajstić information content (AvgIpc) is 3.01. The van der Waals surface area contributed by atoms with Crippen LogP contribution in [0.25, 0.3) is 0 Å². The van der Waals surface area contributed by atoms with E-state index in [4.69, 9.17) is 5.26 Å². The summed E-state index contributed by atoms with van der Waals surface area (Å²) in [7, 11) is 0. The molecule has 2 unspecified atom stereocenters. The van der Waals surface area contributed by atoms with E-state index in [0.717, 1.165) is 25.9 Å². The zero-order valence-electron chi connectivity index (χ0n) is 11.9. The molecule has 3 rings (SSSR count). The number of fused-ring (bicyclic) bond motifs is 2. The molecule has 3 heterocycles. The molecule has 2 fully saturated rings. The van der Waals surface area contributed by atoms with Crippen LogP contribution in [0.4, 0.5) is 4.79 Å². The van der Waals surface area contributed by atoms with Crippen LogP contribution in [-0.2, 0) is 0 Å². The Morgan fingerprint density at radius 2 is 2.05 bits per heavy atom. The molecule has 1 aromatic rings. The number of hydrogen-bond donors (Lipinski definition) is 0. The lowest BCUT2D eigenvalue weighted by atomic mass is 10.1. The van der Waals surface area contributed by atoms with E-state index in [2.05, 4.69) is 23.8 Å². The lowest BCUT2D eigenvalue weighted by Gasteiger charge is -2.42. The lowest BCUT2D eigenvalue weighted by molar-refractivity contribution is 0.0700. The van der Waals surface area contributed by atoms with Gasteiger partial charge in [0, 0.05) is 37.4 Å². The first kappa shape index (κ1) is 13.1. The van der Waals surface area contributed by atoms with Crippen molar-refractivity contribution in [3.05, 3.63) is 18.0 Å². The van der Waals surface area contributed by atoms with Crippen LogP contribution in [0.2, 0.25) is 0 Å². The van der Waals surface area contributed by atoms with Crippen LogP contribution in [0.5, 0.6) is 0 Å². The largest absolute Gasteiger partial charge is 0.345 e. The minimum absolute atomic E-state index is 0.0950. The number of carbonyl (C=O) groups is 1. The first-order valence-electron chi connectivity index (χ1n) is 7.12. The second-order valence-electron chi connectivity index (χ2n) is 5.88. The summed E-state index contributed by atoms with van der Waals surface area (Å²) in [4.78, 5) is 17.0. The molecule has 2 aliphatic rings. The van der Waals surface area contributed by atoms with Gasteiger partial charge in [0.2, 0.25) is 0 Å². The highest BCUT2D eigenvalue weighted by Crippen LogP contribution is 2.31. The maximum absolute atomic E-state index is 12.6. The van der Waals surface area contributed by atoms with Crippen molar-refractivity contribution >= 4 is 6.03 Å². The van der Waals surface area contributed by atoms with Gasteiger partial charge in [-0.05, 0) is 32.8 Å². The number of aromatic nitrogens is 2. The number of likely N-dealkylation sites (tertiary alicyclic amines) is 1. The van der Waals surface area contributed by atoms with Gasteiger partial charge in [-0.3, -0.25) is 4.90 Å². The van der Waals surface area contributed by atoms with E-state index in [9.17, 15) is 4.79 Å². The summed E-state index contributed by atoms with van der Waals surface area (Å²) in [5.41, 5.74) is 0.284. The van der Waals surface area contributed by atoms with Crippen molar-refractivity contribution in [1.29, 1.82) is 5.26 Å². The van der Waals surface area contributed by atoms with E-state index in [0.29, 0.717) is 6.04 Å². The van der Waals surface area contributed by atoms with Gasteiger partial charge in [-0.2, -0.15) is 15.0 Å². The summed E-state index contributed by atoms with van der Waals surface area (Å²) in [6.07, 6.45) is 3.70. The van der Waals surface area contributed by atoms with Crippen molar-refractivity contribution in [2.45, 2.75) is 44.8 Å². The Labute approximate surface area is 118 Å². The lowest BCUT2D eigenvalue weighted by Crippen LogP contribution is -2.58. The number of amides is 1. The number of nitriles is 1. The Balaban J connectivity index is 1.79. The van der Waals surface area contributed by atoms with Crippen LogP contribution in [-0.4, -0.2) is 56.8 Å². The molecule has 0 saturated carbocycles. The SMILES string of the molecule is CC(C)N1CC2CCC(C1)N2C(=O)n1ccc(C#N)n1. The molecule has 6 nitrogen and oxygen atoms in total.